The SMILES string of the molecule is OCC1C=CC1(O)C(S)[C@@H]1CCc2cc(F)ccc2O1. The van der Waals surface area contributed by atoms with Crippen molar-refractivity contribution in [3.63, 3.8) is 0 Å². The zero-order valence-electron chi connectivity index (χ0n) is 10.9. The Bertz CT molecular complexity index is 548. The molecule has 3 nitrogen and oxygen atoms in total. The number of aryl methyl sites for hydroxylation is 1. The van der Waals surface area contributed by atoms with Gasteiger partial charge in [-0.05, 0) is 36.6 Å². The van der Waals surface area contributed by atoms with E-state index in [1.807, 2.05) is 0 Å². The molecule has 3 unspecified atom stereocenters. The first-order chi connectivity index (χ1) is 9.54. The van der Waals surface area contributed by atoms with Crippen LogP contribution in [0.1, 0.15) is 12.0 Å². The zero-order valence-corrected chi connectivity index (χ0v) is 11.8. The van der Waals surface area contributed by atoms with Gasteiger partial charge in [-0.1, -0.05) is 12.2 Å². The summed E-state index contributed by atoms with van der Waals surface area (Å²) in [5, 5.41) is 19.3. The Balaban J connectivity index is 1.77. The molecule has 108 valence electrons. The van der Waals surface area contributed by atoms with Crippen LogP contribution in [0.4, 0.5) is 4.39 Å². The largest absolute Gasteiger partial charge is 0.489 e. The second-order valence-electron chi connectivity index (χ2n) is 5.43. The summed E-state index contributed by atoms with van der Waals surface area (Å²) in [5.41, 5.74) is -0.295. The summed E-state index contributed by atoms with van der Waals surface area (Å²) in [6.45, 7) is -0.113. The monoisotopic (exact) mass is 296 g/mol. The number of aliphatic hydroxyl groups excluding tert-OH is 1. The molecular weight excluding hydrogens is 279 g/mol. The third-order valence-electron chi connectivity index (χ3n) is 4.21. The molecule has 4 atom stereocenters. The molecule has 2 N–H and O–H groups in total. The van der Waals surface area contributed by atoms with E-state index >= 15 is 0 Å². The molecule has 1 aromatic rings. The van der Waals surface area contributed by atoms with Crippen molar-refractivity contribution in [2.75, 3.05) is 6.61 Å². The van der Waals surface area contributed by atoms with Crippen molar-refractivity contribution in [3.05, 3.63) is 41.7 Å². The highest BCUT2D eigenvalue weighted by atomic mass is 32.1. The molecule has 1 aromatic carbocycles. The molecule has 1 aliphatic heterocycles. The highest BCUT2D eigenvalue weighted by Gasteiger charge is 2.48. The van der Waals surface area contributed by atoms with Crippen LogP contribution in [0.2, 0.25) is 0 Å². The smallest absolute Gasteiger partial charge is 0.123 e. The molecule has 0 amide bonds. The molecule has 1 aliphatic carbocycles. The van der Waals surface area contributed by atoms with Gasteiger partial charge < -0.3 is 14.9 Å². The summed E-state index contributed by atoms with van der Waals surface area (Å²) in [6, 6.07) is 4.46. The van der Waals surface area contributed by atoms with E-state index in [9.17, 15) is 14.6 Å². The maximum atomic E-state index is 13.2. The molecule has 0 fully saturated rings. The van der Waals surface area contributed by atoms with Crippen LogP contribution in [0.3, 0.4) is 0 Å². The summed E-state index contributed by atoms with van der Waals surface area (Å²) in [4.78, 5) is 0. The van der Waals surface area contributed by atoms with Gasteiger partial charge in [0.05, 0.1) is 11.9 Å². The van der Waals surface area contributed by atoms with Crippen LogP contribution >= 0.6 is 12.6 Å². The van der Waals surface area contributed by atoms with Gasteiger partial charge in [-0.15, -0.1) is 0 Å². The Labute approximate surface area is 122 Å². The first-order valence-electron chi connectivity index (χ1n) is 6.70. The Morgan fingerprint density at radius 3 is 2.95 bits per heavy atom. The van der Waals surface area contributed by atoms with Crippen molar-refractivity contribution in [3.8, 4) is 5.75 Å². The van der Waals surface area contributed by atoms with Crippen LogP contribution < -0.4 is 4.74 Å². The second-order valence-corrected chi connectivity index (χ2v) is 5.98. The molecule has 3 rings (SSSR count). The number of halogens is 1. The van der Waals surface area contributed by atoms with Gasteiger partial charge >= 0.3 is 0 Å². The summed E-state index contributed by atoms with van der Waals surface area (Å²) in [5.74, 6) is 0.0755. The van der Waals surface area contributed by atoms with E-state index in [0.717, 1.165) is 5.56 Å². The lowest BCUT2D eigenvalue weighted by Crippen LogP contribution is -2.56. The van der Waals surface area contributed by atoms with Crippen molar-refractivity contribution >= 4 is 12.6 Å². The van der Waals surface area contributed by atoms with Crippen LogP contribution in [0.5, 0.6) is 5.75 Å². The van der Waals surface area contributed by atoms with E-state index < -0.39 is 10.9 Å². The quantitative estimate of drug-likeness (QED) is 0.588. The maximum absolute atomic E-state index is 13.2. The van der Waals surface area contributed by atoms with Crippen molar-refractivity contribution in [2.45, 2.75) is 29.8 Å². The number of benzene rings is 1. The number of thiol groups is 1. The van der Waals surface area contributed by atoms with E-state index in [-0.39, 0.29) is 24.4 Å². The number of hydrogen-bond acceptors (Lipinski definition) is 4. The first-order valence-corrected chi connectivity index (χ1v) is 7.22. The first kappa shape index (κ1) is 13.9. The Hall–Kier alpha value is -1.04. The number of hydrogen-bond donors (Lipinski definition) is 3. The molecule has 0 bridgehead atoms. The van der Waals surface area contributed by atoms with Gasteiger partial charge in [-0.3, -0.25) is 0 Å². The number of fused-ring (bicyclic) bond motifs is 1. The third kappa shape index (κ3) is 2.14. The average molecular weight is 296 g/mol. The Morgan fingerprint density at radius 2 is 2.30 bits per heavy atom. The molecule has 20 heavy (non-hydrogen) atoms. The highest BCUT2D eigenvalue weighted by Crippen LogP contribution is 2.41. The Kier molecular flexibility index (Phi) is 3.52. The molecule has 0 spiro atoms. The molecule has 0 aromatic heterocycles. The topological polar surface area (TPSA) is 49.7 Å². The van der Waals surface area contributed by atoms with Crippen molar-refractivity contribution in [2.24, 2.45) is 5.92 Å². The van der Waals surface area contributed by atoms with Crippen molar-refractivity contribution < 1.29 is 19.3 Å². The van der Waals surface area contributed by atoms with E-state index in [1.54, 1.807) is 18.2 Å². The predicted octanol–water partition coefficient (Wildman–Crippen LogP) is 1.73. The molecule has 0 radical (unpaired) electrons. The number of ether oxygens (including phenoxy) is 1. The fourth-order valence-electron chi connectivity index (χ4n) is 2.85. The molecule has 2 aliphatic rings. The minimum atomic E-state index is -1.14. The van der Waals surface area contributed by atoms with E-state index in [1.165, 1.54) is 12.1 Å². The van der Waals surface area contributed by atoms with Gasteiger partial charge in [0.15, 0.2) is 0 Å². The van der Waals surface area contributed by atoms with Crippen LogP contribution in [0, 0.1) is 11.7 Å². The summed E-state index contributed by atoms with van der Waals surface area (Å²) in [6.07, 6.45) is 4.53. The van der Waals surface area contributed by atoms with E-state index in [4.69, 9.17) is 4.74 Å². The minimum absolute atomic E-state index is 0.113. The molecule has 0 saturated carbocycles. The normalized spacial score (nSPS) is 33.0. The summed E-state index contributed by atoms with van der Waals surface area (Å²) < 4.78 is 19.0. The predicted molar refractivity (Wildman–Crippen MR) is 76.6 cm³/mol. The maximum Gasteiger partial charge on any atom is 0.123 e. The number of rotatable bonds is 3. The highest BCUT2D eigenvalue weighted by molar-refractivity contribution is 7.81. The fraction of sp³-hybridized carbons (Fsp3) is 0.467. The third-order valence-corrected chi connectivity index (χ3v) is 4.96. The van der Waals surface area contributed by atoms with Crippen molar-refractivity contribution in [1.82, 2.24) is 0 Å². The van der Waals surface area contributed by atoms with Gasteiger partial charge in [0.2, 0.25) is 0 Å². The van der Waals surface area contributed by atoms with Gasteiger partial charge in [0, 0.05) is 5.92 Å². The van der Waals surface area contributed by atoms with Gasteiger partial charge in [0.25, 0.3) is 0 Å². The lowest BCUT2D eigenvalue weighted by Gasteiger charge is -2.45. The molecule has 5 heteroatoms. The lowest BCUT2D eigenvalue weighted by molar-refractivity contribution is -0.0270. The van der Waals surface area contributed by atoms with Gasteiger partial charge in [-0.2, -0.15) is 12.6 Å². The lowest BCUT2D eigenvalue weighted by atomic mass is 9.73. The van der Waals surface area contributed by atoms with Gasteiger partial charge in [0.1, 0.15) is 23.3 Å². The molecular formula is C15H17FO3S. The van der Waals surface area contributed by atoms with E-state index in [0.29, 0.717) is 18.6 Å². The zero-order chi connectivity index (χ0) is 14.3. The van der Waals surface area contributed by atoms with Gasteiger partial charge in [-0.25, -0.2) is 4.39 Å². The fourth-order valence-corrected chi connectivity index (χ4v) is 3.34. The standard InChI is InChI=1S/C15H17FO3S/c16-11-2-4-12-9(7-11)1-3-13(19-12)14(20)15(18)6-5-10(15)8-17/h2,4-7,10,13-14,17-18,20H,1,3,8H2/t10?,13-,14?,15?/m0/s1. The van der Waals surface area contributed by atoms with Crippen LogP contribution in [-0.2, 0) is 6.42 Å². The van der Waals surface area contributed by atoms with Crippen LogP contribution in [0.15, 0.2) is 30.4 Å². The summed E-state index contributed by atoms with van der Waals surface area (Å²) >= 11 is 4.50. The second kappa shape index (κ2) is 5.06. The Morgan fingerprint density at radius 1 is 1.50 bits per heavy atom. The molecule has 1 heterocycles. The average Bonchev–Trinajstić information content (AvgIpc) is 2.44. The van der Waals surface area contributed by atoms with E-state index in [2.05, 4.69) is 12.6 Å². The van der Waals surface area contributed by atoms with Crippen LogP contribution in [-0.4, -0.2) is 33.8 Å². The summed E-state index contributed by atoms with van der Waals surface area (Å²) in [7, 11) is 0. The van der Waals surface area contributed by atoms with Crippen molar-refractivity contribution in [1.29, 1.82) is 0 Å². The molecule has 0 saturated heterocycles. The van der Waals surface area contributed by atoms with Crippen LogP contribution in [0.25, 0.3) is 0 Å². The number of aliphatic hydroxyl groups is 2. The minimum Gasteiger partial charge on any atom is -0.489 e.